The van der Waals surface area contributed by atoms with Gasteiger partial charge in [-0.25, -0.2) is 4.79 Å². The van der Waals surface area contributed by atoms with Gasteiger partial charge in [-0.15, -0.1) is 0 Å². The van der Waals surface area contributed by atoms with E-state index in [2.05, 4.69) is 10.6 Å². The third-order valence-corrected chi connectivity index (χ3v) is 3.08. The number of urea groups is 1. The van der Waals surface area contributed by atoms with Crippen molar-refractivity contribution >= 4 is 6.03 Å². The van der Waals surface area contributed by atoms with Crippen molar-refractivity contribution < 1.29 is 4.79 Å². The van der Waals surface area contributed by atoms with Crippen molar-refractivity contribution in [2.75, 3.05) is 26.2 Å². The van der Waals surface area contributed by atoms with Crippen molar-refractivity contribution in [1.29, 1.82) is 0 Å². The van der Waals surface area contributed by atoms with Crippen LogP contribution >= 0.6 is 0 Å². The van der Waals surface area contributed by atoms with Gasteiger partial charge in [0.25, 0.3) is 0 Å². The van der Waals surface area contributed by atoms with Gasteiger partial charge in [-0.2, -0.15) is 0 Å². The van der Waals surface area contributed by atoms with E-state index in [9.17, 15) is 4.79 Å². The predicted octanol–water partition coefficient (Wildman–Crippen LogP) is 0.934. The van der Waals surface area contributed by atoms with Gasteiger partial charge >= 0.3 is 6.03 Å². The Kier molecular flexibility index (Phi) is 3.83. The molecule has 0 spiro atoms. The van der Waals surface area contributed by atoms with E-state index in [4.69, 9.17) is 0 Å². The number of amides is 2. The van der Waals surface area contributed by atoms with Crippen LogP contribution in [0.4, 0.5) is 4.79 Å². The molecule has 2 N–H and O–H groups in total. The fraction of sp³-hybridized carbons (Fsp3) is 0.909. The highest BCUT2D eigenvalue weighted by atomic mass is 16.2. The third-order valence-electron chi connectivity index (χ3n) is 3.08. The summed E-state index contributed by atoms with van der Waals surface area (Å²) in [6.45, 7) is 4.26. The van der Waals surface area contributed by atoms with Crippen LogP contribution in [0.1, 0.15) is 32.1 Å². The smallest absolute Gasteiger partial charge is 0.317 e. The number of hydrogen-bond donors (Lipinski definition) is 2. The van der Waals surface area contributed by atoms with Crippen molar-refractivity contribution in [3.63, 3.8) is 0 Å². The normalized spacial score (nSPS) is 25.6. The largest absolute Gasteiger partial charge is 0.336 e. The van der Waals surface area contributed by atoms with Gasteiger partial charge in [0.1, 0.15) is 0 Å². The van der Waals surface area contributed by atoms with Crippen LogP contribution in [0.5, 0.6) is 0 Å². The van der Waals surface area contributed by atoms with Crippen molar-refractivity contribution in [2.24, 2.45) is 0 Å². The number of carbonyl (C=O) groups excluding carboxylic acids is 1. The summed E-state index contributed by atoms with van der Waals surface area (Å²) >= 11 is 0. The highest BCUT2D eigenvalue weighted by Gasteiger charge is 2.34. The minimum absolute atomic E-state index is 0.137. The second-order valence-electron chi connectivity index (χ2n) is 4.47. The molecule has 1 aliphatic carbocycles. The molecule has 0 radical (unpaired) electrons. The highest BCUT2D eigenvalue weighted by molar-refractivity contribution is 5.76. The number of carbonyl (C=O) groups is 1. The first-order chi connectivity index (χ1) is 7.38. The lowest BCUT2D eigenvalue weighted by Crippen LogP contribution is -2.29. The predicted molar refractivity (Wildman–Crippen MR) is 59.8 cm³/mol. The first-order valence-electron chi connectivity index (χ1n) is 6.13. The Morgan fingerprint density at radius 1 is 1.07 bits per heavy atom. The molecule has 0 aromatic carbocycles. The fourth-order valence-corrected chi connectivity index (χ4v) is 2.02. The zero-order valence-electron chi connectivity index (χ0n) is 9.30. The molecule has 0 unspecified atom stereocenters. The van der Waals surface area contributed by atoms with Crippen LogP contribution in [0.25, 0.3) is 0 Å². The molecule has 0 aromatic rings. The van der Waals surface area contributed by atoms with E-state index >= 15 is 0 Å². The van der Waals surface area contributed by atoms with Gasteiger partial charge in [0.15, 0.2) is 0 Å². The summed E-state index contributed by atoms with van der Waals surface area (Å²) < 4.78 is 0. The topological polar surface area (TPSA) is 44.4 Å². The maximum Gasteiger partial charge on any atom is 0.317 e. The average Bonchev–Trinajstić information content (AvgIpc) is 3.05. The minimum atomic E-state index is 0.137. The van der Waals surface area contributed by atoms with E-state index in [0.29, 0.717) is 6.04 Å². The van der Waals surface area contributed by atoms with Crippen LogP contribution in [0.15, 0.2) is 0 Å². The Bertz CT molecular complexity index is 200. The summed E-state index contributed by atoms with van der Waals surface area (Å²) in [6, 6.07) is 0.727. The molecule has 1 saturated carbocycles. The van der Waals surface area contributed by atoms with Gasteiger partial charge in [-0.05, 0) is 38.8 Å². The molecule has 2 saturated heterocycles. The first kappa shape index (κ1) is 10.7. The zero-order chi connectivity index (χ0) is 10.5. The van der Waals surface area contributed by atoms with E-state index in [0.717, 1.165) is 13.1 Å². The summed E-state index contributed by atoms with van der Waals surface area (Å²) in [5.74, 6) is 0. The van der Waals surface area contributed by atoms with E-state index in [1.165, 1.54) is 45.2 Å². The Morgan fingerprint density at radius 3 is 2.13 bits per heavy atom. The first-order valence-corrected chi connectivity index (χ1v) is 6.13. The Hall–Kier alpha value is -0.770. The van der Waals surface area contributed by atoms with Crippen LogP contribution in [0.3, 0.4) is 0 Å². The molecule has 3 rings (SSSR count). The van der Waals surface area contributed by atoms with Gasteiger partial charge in [0.05, 0.1) is 0 Å². The molecule has 0 aromatic heterocycles. The molecule has 4 nitrogen and oxygen atoms in total. The highest BCUT2D eigenvalue weighted by Crippen LogP contribution is 2.27. The molecule has 2 aliphatic heterocycles. The van der Waals surface area contributed by atoms with E-state index in [1.54, 1.807) is 0 Å². The number of rotatable bonds is 1. The van der Waals surface area contributed by atoms with E-state index in [1.807, 2.05) is 4.90 Å². The summed E-state index contributed by atoms with van der Waals surface area (Å²) in [6.07, 6.45) is 6.65. The Labute approximate surface area is 91.4 Å². The summed E-state index contributed by atoms with van der Waals surface area (Å²) in [7, 11) is 0. The molecule has 0 bridgehead atoms. The van der Waals surface area contributed by atoms with Crippen molar-refractivity contribution in [3.8, 4) is 0 Å². The fourth-order valence-electron chi connectivity index (χ4n) is 2.02. The molecule has 3 fully saturated rings. The molecule has 3 aliphatic rings. The van der Waals surface area contributed by atoms with Crippen LogP contribution in [0.2, 0.25) is 0 Å². The molecular formula is C11H21N3O. The summed E-state index contributed by atoms with van der Waals surface area (Å²) in [5.41, 5.74) is 0. The lowest BCUT2D eigenvalue weighted by atomic mass is 10.2. The maximum atomic E-state index is 10.9. The lowest BCUT2D eigenvalue weighted by molar-refractivity contribution is 0.215. The maximum absolute atomic E-state index is 10.9. The molecule has 4 heteroatoms. The molecular weight excluding hydrogens is 190 g/mol. The second kappa shape index (κ2) is 5.35. The van der Waals surface area contributed by atoms with Crippen LogP contribution in [-0.2, 0) is 0 Å². The lowest BCUT2D eigenvalue weighted by Gasteiger charge is -2.10. The van der Waals surface area contributed by atoms with Crippen LogP contribution < -0.4 is 10.6 Å². The number of nitrogens with zero attached hydrogens (tertiary/aromatic N) is 1. The molecule has 2 heterocycles. The number of hydrogen-bond acceptors (Lipinski definition) is 2. The SMILES string of the molecule is C1CCNCC1.O=C1NCCN1C1CC1. The van der Waals surface area contributed by atoms with E-state index in [-0.39, 0.29) is 6.03 Å². The molecule has 2 amide bonds. The van der Waals surface area contributed by atoms with Gasteiger partial charge in [0.2, 0.25) is 0 Å². The summed E-state index contributed by atoms with van der Waals surface area (Å²) in [5, 5.41) is 6.06. The van der Waals surface area contributed by atoms with Gasteiger partial charge in [-0.3, -0.25) is 0 Å². The monoisotopic (exact) mass is 211 g/mol. The Morgan fingerprint density at radius 2 is 1.80 bits per heavy atom. The van der Waals surface area contributed by atoms with Gasteiger partial charge in [0, 0.05) is 19.1 Å². The number of piperidine rings is 1. The van der Waals surface area contributed by atoms with Crippen molar-refractivity contribution in [1.82, 2.24) is 15.5 Å². The third kappa shape index (κ3) is 3.38. The molecule has 86 valence electrons. The second-order valence-corrected chi connectivity index (χ2v) is 4.47. The minimum Gasteiger partial charge on any atom is -0.336 e. The van der Waals surface area contributed by atoms with Gasteiger partial charge in [-0.1, -0.05) is 6.42 Å². The van der Waals surface area contributed by atoms with Crippen LogP contribution in [0, 0.1) is 0 Å². The molecule has 15 heavy (non-hydrogen) atoms. The molecule has 0 atom stereocenters. The van der Waals surface area contributed by atoms with E-state index < -0.39 is 0 Å². The standard InChI is InChI=1S/C6H10N2O.C5H11N/c9-6-7-3-4-8(6)5-1-2-5;1-2-4-6-5-3-1/h5H,1-4H2,(H,7,9);6H,1-5H2. The van der Waals surface area contributed by atoms with Crippen LogP contribution in [-0.4, -0.2) is 43.2 Å². The Balaban J connectivity index is 0.000000124. The quantitative estimate of drug-likeness (QED) is 0.678. The zero-order valence-corrected chi connectivity index (χ0v) is 9.30. The summed E-state index contributed by atoms with van der Waals surface area (Å²) in [4.78, 5) is 12.8. The average molecular weight is 211 g/mol. The number of nitrogens with one attached hydrogen (secondary N) is 2. The van der Waals surface area contributed by atoms with Gasteiger partial charge < -0.3 is 15.5 Å². The van der Waals surface area contributed by atoms with Crippen molar-refractivity contribution in [2.45, 2.75) is 38.1 Å². The van der Waals surface area contributed by atoms with Crippen molar-refractivity contribution in [3.05, 3.63) is 0 Å².